The summed E-state index contributed by atoms with van der Waals surface area (Å²) in [5.74, 6) is -0.365. The highest BCUT2D eigenvalue weighted by atomic mass is 19.1. The second-order valence-electron chi connectivity index (χ2n) is 4.24. The molecular formula is C14H16FN3O. The van der Waals surface area contributed by atoms with E-state index in [2.05, 4.69) is 10.4 Å². The minimum Gasteiger partial charge on any atom is -0.311 e. The SMILES string of the molecule is CCNCc1nn(-c2ccccc2F)c(C)cc1=O. The number of hydrogen-bond acceptors (Lipinski definition) is 3. The molecule has 2 aromatic rings. The zero-order valence-electron chi connectivity index (χ0n) is 11.0. The highest BCUT2D eigenvalue weighted by Crippen LogP contribution is 2.12. The van der Waals surface area contributed by atoms with Gasteiger partial charge in [-0.15, -0.1) is 0 Å². The molecule has 0 amide bonds. The Bertz CT molecular complexity index is 637. The summed E-state index contributed by atoms with van der Waals surface area (Å²) in [7, 11) is 0. The normalized spacial score (nSPS) is 10.7. The van der Waals surface area contributed by atoms with Gasteiger partial charge in [-0.3, -0.25) is 4.79 Å². The van der Waals surface area contributed by atoms with E-state index in [1.807, 2.05) is 6.92 Å². The molecule has 2 rings (SSSR count). The molecule has 0 aliphatic rings. The van der Waals surface area contributed by atoms with E-state index < -0.39 is 0 Å². The lowest BCUT2D eigenvalue weighted by Crippen LogP contribution is -2.24. The van der Waals surface area contributed by atoms with E-state index in [1.165, 1.54) is 16.8 Å². The smallest absolute Gasteiger partial charge is 0.204 e. The first-order valence-corrected chi connectivity index (χ1v) is 6.19. The Kier molecular flexibility index (Phi) is 4.06. The summed E-state index contributed by atoms with van der Waals surface area (Å²) >= 11 is 0. The average molecular weight is 261 g/mol. The lowest BCUT2D eigenvalue weighted by atomic mass is 10.2. The van der Waals surface area contributed by atoms with E-state index in [4.69, 9.17) is 0 Å². The van der Waals surface area contributed by atoms with E-state index in [0.29, 0.717) is 23.6 Å². The molecule has 0 aliphatic heterocycles. The number of nitrogens with one attached hydrogen (secondary N) is 1. The lowest BCUT2D eigenvalue weighted by Gasteiger charge is -2.12. The molecule has 0 bridgehead atoms. The van der Waals surface area contributed by atoms with Crippen LogP contribution in [0.2, 0.25) is 0 Å². The summed E-state index contributed by atoms with van der Waals surface area (Å²) in [6.45, 7) is 4.81. The first-order chi connectivity index (χ1) is 9.13. The Labute approximate surface area is 110 Å². The van der Waals surface area contributed by atoms with Crippen LogP contribution in [0.1, 0.15) is 18.3 Å². The predicted octanol–water partition coefficient (Wildman–Crippen LogP) is 1.79. The van der Waals surface area contributed by atoms with Crippen molar-refractivity contribution < 1.29 is 4.39 Å². The van der Waals surface area contributed by atoms with Crippen LogP contribution in [0.15, 0.2) is 35.1 Å². The average Bonchev–Trinajstić information content (AvgIpc) is 2.39. The largest absolute Gasteiger partial charge is 0.311 e. The Morgan fingerprint density at radius 2 is 2.11 bits per heavy atom. The molecule has 0 atom stereocenters. The van der Waals surface area contributed by atoms with Crippen LogP contribution in [0.4, 0.5) is 4.39 Å². The van der Waals surface area contributed by atoms with Gasteiger partial charge in [-0.2, -0.15) is 5.10 Å². The number of aryl methyl sites for hydroxylation is 1. The Morgan fingerprint density at radius 3 is 2.79 bits per heavy atom. The zero-order valence-corrected chi connectivity index (χ0v) is 11.0. The maximum absolute atomic E-state index is 13.8. The van der Waals surface area contributed by atoms with Crippen molar-refractivity contribution in [2.45, 2.75) is 20.4 Å². The van der Waals surface area contributed by atoms with Crippen LogP contribution in [-0.2, 0) is 6.54 Å². The number of halogens is 1. The van der Waals surface area contributed by atoms with Gasteiger partial charge in [0.2, 0.25) is 5.43 Å². The molecule has 5 heteroatoms. The quantitative estimate of drug-likeness (QED) is 0.912. The van der Waals surface area contributed by atoms with E-state index in [9.17, 15) is 9.18 Å². The molecule has 0 spiro atoms. The third kappa shape index (κ3) is 2.88. The number of aromatic nitrogens is 2. The van der Waals surface area contributed by atoms with E-state index in [1.54, 1.807) is 25.1 Å². The fraction of sp³-hybridized carbons (Fsp3) is 0.286. The molecule has 1 N–H and O–H groups in total. The molecule has 0 saturated heterocycles. The Morgan fingerprint density at radius 1 is 1.37 bits per heavy atom. The number of benzene rings is 1. The maximum Gasteiger partial charge on any atom is 0.204 e. The van der Waals surface area contributed by atoms with Gasteiger partial charge in [0.05, 0.1) is 0 Å². The minimum absolute atomic E-state index is 0.133. The molecule has 0 saturated carbocycles. The summed E-state index contributed by atoms with van der Waals surface area (Å²) in [5.41, 5.74) is 1.20. The van der Waals surface area contributed by atoms with E-state index in [0.717, 1.165) is 6.54 Å². The van der Waals surface area contributed by atoms with E-state index >= 15 is 0 Å². The number of nitrogens with zero attached hydrogens (tertiary/aromatic N) is 2. The summed E-state index contributed by atoms with van der Waals surface area (Å²) in [6, 6.07) is 7.85. The van der Waals surface area contributed by atoms with Gasteiger partial charge in [0.25, 0.3) is 0 Å². The number of rotatable bonds is 4. The second kappa shape index (κ2) is 5.75. The highest BCUT2D eigenvalue weighted by molar-refractivity contribution is 5.34. The van der Waals surface area contributed by atoms with Crippen molar-refractivity contribution in [3.8, 4) is 5.69 Å². The molecule has 4 nitrogen and oxygen atoms in total. The fourth-order valence-electron chi connectivity index (χ4n) is 1.82. The van der Waals surface area contributed by atoms with Crippen molar-refractivity contribution in [3.05, 3.63) is 57.8 Å². The van der Waals surface area contributed by atoms with Crippen LogP contribution in [0.3, 0.4) is 0 Å². The minimum atomic E-state index is -0.365. The van der Waals surface area contributed by atoms with Crippen LogP contribution in [-0.4, -0.2) is 16.3 Å². The molecular weight excluding hydrogens is 245 g/mol. The molecule has 1 aromatic carbocycles. The molecule has 100 valence electrons. The topological polar surface area (TPSA) is 46.9 Å². The van der Waals surface area contributed by atoms with Crippen LogP contribution in [0.5, 0.6) is 0 Å². The first kappa shape index (κ1) is 13.4. The predicted molar refractivity (Wildman–Crippen MR) is 71.9 cm³/mol. The highest BCUT2D eigenvalue weighted by Gasteiger charge is 2.10. The van der Waals surface area contributed by atoms with Crippen LogP contribution < -0.4 is 10.7 Å². The van der Waals surface area contributed by atoms with Gasteiger partial charge in [0.1, 0.15) is 17.2 Å². The summed E-state index contributed by atoms with van der Waals surface area (Å²) in [6.07, 6.45) is 0. The van der Waals surface area contributed by atoms with E-state index in [-0.39, 0.29) is 11.2 Å². The summed E-state index contributed by atoms with van der Waals surface area (Å²) < 4.78 is 15.2. The summed E-state index contributed by atoms with van der Waals surface area (Å²) in [4.78, 5) is 11.8. The monoisotopic (exact) mass is 261 g/mol. The van der Waals surface area contributed by atoms with Gasteiger partial charge >= 0.3 is 0 Å². The van der Waals surface area contributed by atoms with Gasteiger partial charge in [-0.05, 0) is 25.6 Å². The van der Waals surface area contributed by atoms with Crippen molar-refractivity contribution in [2.75, 3.05) is 6.54 Å². The van der Waals surface area contributed by atoms with Crippen molar-refractivity contribution in [2.24, 2.45) is 0 Å². The van der Waals surface area contributed by atoms with Gasteiger partial charge in [0.15, 0.2) is 0 Å². The Balaban J connectivity index is 2.52. The zero-order chi connectivity index (χ0) is 13.8. The van der Waals surface area contributed by atoms with Gasteiger partial charge in [0, 0.05) is 18.3 Å². The molecule has 19 heavy (non-hydrogen) atoms. The second-order valence-corrected chi connectivity index (χ2v) is 4.24. The molecule has 0 aliphatic carbocycles. The van der Waals surface area contributed by atoms with Crippen molar-refractivity contribution in [1.29, 1.82) is 0 Å². The molecule has 0 fully saturated rings. The summed E-state index contributed by atoms with van der Waals surface area (Å²) in [5, 5.41) is 7.29. The van der Waals surface area contributed by atoms with Crippen LogP contribution in [0, 0.1) is 12.7 Å². The van der Waals surface area contributed by atoms with Gasteiger partial charge < -0.3 is 5.32 Å². The van der Waals surface area contributed by atoms with Crippen LogP contribution in [0.25, 0.3) is 5.69 Å². The molecule has 0 unspecified atom stereocenters. The third-order valence-electron chi connectivity index (χ3n) is 2.80. The standard InChI is InChI=1S/C14H16FN3O/c1-3-16-9-12-14(19)8-10(2)18(17-12)13-7-5-4-6-11(13)15/h4-8,16H,3,9H2,1-2H3. The fourth-order valence-corrected chi connectivity index (χ4v) is 1.82. The van der Waals surface area contributed by atoms with Crippen LogP contribution >= 0.6 is 0 Å². The number of hydrogen-bond donors (Lipinski definition) is 1. The first-order valence-electron chi connectivity index (χ1n) is 6.19. The molecule has 1 heterocycles. The molecule has 0 radical (unpaired) electrons. The van der Waals surface area contributed by atoms with Gasteiger partial charge in [-0.25, -0.2) is 9.07 Å². The Hall–Kier alpha value is -2.01. The lowest BCUT2D eigenvalue weighted by molar-refractivity contribution is 0.597. The van der Waals surface area contributed by atoms with Gasteiger partial charge in [-0.1, -0.05) is 19.1 Å². The third-order valence-corrected chi connectivity index (χ3v) is 2.80. The maximum atomic E-state index is 13.8. The van der Waals surface area contributed by atoms with Crippen molar-refractivity contribution in [3.63, 3.8) is 0 Å². The van der Waals surface area contributed by atoms with Crippen molar-refractivity contribution in [1.82, 2.24) is 15.1 Å². The number of para-hydroxylation sites is 1. The molecule has 1 aromatic heterocycles. The van der Waals surface area contributed by atoms with Crippen molar-refractivity contribution >= 4 is 0 Å².